The van der Waals surface area contributed by atoms with E-state index in [-0.39, 0.29) is 11.3 Å². The topological polar surface area (TPSA) is 66.4 Å². The Morgan fingerprint density at radius 1 is 1.21 bits per heavy atom. The van der Waals surface area contributed by atoms with Crippen LogP contribution in [0.15, 0.2) is 42.5 Å². The molecule has 0 bridgehead atoms. The van der Waals surface area contributed by atoms with E-state index in [1.807, 2.05) is 25.1 Å². The summed E-state index contributed by atoms with van der Waals surface area (Å²) < 4.78 is 13.2. The molecule has 2 N–H and O–H groups in total. The third-order valence-corrected chi connectivity index (χ3v) is 4.18. The summed E-state index contributed by atoms with van der Waals surface area (Å²) in [7, 11) is 0. The molecule has 4 nitrogen and oxygen atoms in total. The van der Waals surface area contributed by atoms with Gasteiger partial charge in [-0.1, -0.05) is 18.2 Å². The van der Waals surface area contributed by atoms with Gasteiger partial charge in [-0.25, -0.2) is 9.18 Å². The Morgan fingerprint density at radius 2 is 2.00 bits per heavy atom. The van der Waals surface area contributed by atoms with Crippen LogP contribution in [0, 0.1) is 12.7 Å². The summed E-state index contributed by atoms with van der Waals surface area (Å²) >= 11 is 0. The molecule has 0 atom stereocenters. The first-order valence-corrected chi connectivity index (χ1v) is 7.59. The Balaban J connectivity index is 1.86. The van der Waals surface area contributed by atoms with Crippen LogP contribution in [-0.2, 0) is 11.2 Å². The highest BCUT2D eigenvalue weighted by Gasteiger charge is 2.19. The maximum Gasteiger partial charge on any atom is 0.337 e. The highest BCUT2D eigenvalue weighted by Crippen LogP contribution is 2.34. The van der Waals surface area contributed by atoms with E-state index in [0.717, 1.165) is 36.1 Å². The first kappa shape index (κ1) is 15.9. The van der Waals surface area contributed by atoms with E-state index in [9.17, 15) is 14.0 Å². The number of hydrogen-bond donors (Lipinski definition) is 2. The fourth-order valence-electron chi connectivity index (χ4n) is 3.01. The average molecular weight is 325 g/mol. The van der Waals surface area contributed by atoms with Gasteiger partial charge < -0.3 is 10.4 Å². The Labute approximate surface area is 138 Å². The number of benzene rings is 2. The molecule has 0 radical (unpaired) electrons. The fraction of sp³-hybridized carbons (Fsp3) is 0.158. The molecule has 2 aromatic rings. The van der Waals surface area contributed by atoms with Gasteiger partial charge in [-0.05, 0) is 60.2 Å². The molecular weight excluding hydrogens is 309 g/mol. The highest BCUT2D eigenvalue weighted by atomic mass is 19.1. The predicted molar refractivity (Wildman–Crippen MR) is 89.5 cm³/mol. The van der Waals surface area contributed by atoms with Gasteiger partial charge in [-0.2, -0.15) is 0 Å². The summed E-state index contributed by atoms with van der Waals surface area (Å²) in [6, 6.07) is 9.23. The number of halogens is 1. The van der Waals surface area contributed by atoms with Crippen molar-refractivity contribution in [3.05, 3.63) is 70.5 Å². The normalized spacial score (nSPS) is 14.5. The van der Waals surface area contributed by atoms with Gasteiger partial charge in [0.05, 0.1) is 11.3 Å². The fourth-order valence-corrected chi connectivity index (χ4v) is 3.01. The zero-order valence-corrected chi connectivity index (χ0v) is 13.1. The maximum absolute atomic E-state index is 13.2. The average Bonchev–Trinajstić information content (AvgIpc) is 2.93. The number of carbonyl (C=O) groups excluding carboxylic acids is 1. The van der Waals surface area contributed by atoms with Gasteiger partial charge in [0.25, 0.3) is 0 Å². The van der Waals surface area contributed by atoms with Crippen LogP contribution < -0.4 is 5.32 Å². The van der Waals surface area contributed by atoms with E-state index in [2.05, 4.69) is 5.32 Å². The van der Waals surface area contributed by atoms with Crippen LogP contribution in [0.25, 0.3) is 5.57 Å². The van der Waals surface area contributed by atoms with Crippen LogP contribution in [0.4, 0.5) is 10.1 Å². The van der Waals surface area contributed by atoms with E-state index in [4.69, 9.17) is 5.11 Å². The number of carboxylic acid groups (broad SMARTS) is 1. The SMILES string of the molecule is Cc1cccc2c1CC/C2=C\C(=O)Nc1ccc(F)cc1C(=O)O. The second-order valence-corrected chi connectivity index (χ2v) is 5.75. The number of aryl methyl sites for hydroxylation is 1. The third-order valence-electron chi connectivity index (χ3n) is 4.18. The minimum atomic E-state index is -1.29. The Kier molecular flexibility index (Phi) is 4.16. The quantitative estimate of drug-likeness (QED) is 0.844. The standard InChI is InChI=1S/C19H16FNO3/c1-11-3-2-4-15-12(5-7-14(11)15)9-18(22)21-17-8-6-13(20)10-16(17)19(23)24/h2-4,6,8-10H,5,7H2,1H3,(H,21,22)(H,23,24)/b12-9+. The molecule has 24 heavy (non-hydrogen) atoms. The number of hydrogen-bond acceptors (Lipinski definition) is 2. The molecule has 0 aliphatic heterocycles. The highest BCUT2D eigenvalue weighted by molar-refractivity contribution is 6.07. The maximum atomic E-state index is 13.2. The van der Waals surface area contributed by atoms with Crippen molar-refractivity contribution in [2.45, 2.75) is 19.8 Å². The summed E-state index contributed by atoms with van der Waals surface area (Å²) in [6.07, 6.45) is 3.14. The number of nitrogens with one attached hydrogen (secondary N) is 1. The van der Waals surface area contributed by atoms with Gasteiger partial charge in [0.2, 0.25) is 5.91 Å². The number of amides is 1. The smallest absolute Gasteiger partial charge is 0.337 e. The number of carbonyl (C=O) groups is 2. The van der Waals surface area contributed by atoms with Crippen molar-refractivity contribution in [1.29, 1.82) is 0 Å². The molecular formula is C19H16FNO3. The van der Waals surface area contributed by atoms with Crippen molar-refractivity contribution >= 4 is 23.1 Å². The van der Waals surface area contributed by atoms with Crippen LogP contribution in [0.1, 0.15) is 33.5 Å². The van der Waals surface area contributed by atoms with Crippen molar-refractivity contribution < 1.29 is 19.1 Å². The lowest BCUT2D eigenvalue weighted by atomic mass is 10.0. The van der Waals surface area contributed by atoms with Crippen molar-refractivity contribution in [2.75, 3.05) is 5.32 Å². The third kappa shape index (κ3) is 3.06. The summed E-state index contributed by atoms with van der Waals surface area (Å²) in [6.45, 7) is 2.04. The summed E-state index contributed by atoms with van der Waals surface area (Å²) in [5, 5.41) is 11.6. The zero-order valence-electron chi connectivity index (χ0n) is 13.1. The van der Waals surface area contributed by atoms with Crippen molar-refractivity contribution in [3.63, 3.8) is 0 Å². The Morgan fingerprint density at radius 3 is 2.75 bits per heavy atom. The molecule has 0 heterocycles. The Bertz CT molecular complexity index is 871. The second-order valence-electron chi connectivity index (χ2n) is 5.75. The van der Waals surface area contributed by atoms with Gasteiger partial charge in [0, 0.05) is 6.08 Å². The van der Waals surface area contributed by atoms with E-state index >= 15 is 0 Å². The van der Waals surface area contributed by atoms with Crippen LogP contribution in [-0.4, -0.2) is 17.0 Å². The molecule has 2 aromatic carbocycles. The van der Waals surface area contributed by atoms with Gasteiger partial charge in [-0.3, -0.25) is 4.79 Å². The van der Waals surface area contributed by atoms with Crippen LogP contribution in [0.5, 0.6) is 0 Å². The van der Waals surface area contributed by atoms with E-state index in [1.54, 1.807) is 0 Å². The van der Waals surface area contributed by atoms with Crippen molar-refractivity contribution in [1.82, 2.24) is 0 Å². The van der Waals surface area contributed by atoms with Gasteiger partial charge in [0.15, 0.2) is 0 Å². The van der Waals surface area contributed by atoms with Crippen LogP contribution in [0.3, 0.4) is 0 Å². The molecule has 0 saturated heterocycles. The molecule has 1 aliphatic carbocycles. The molecule has 122 valence electrons. The Hall–Kier alpha value is -2.95. The molecule has 0 spiro atoms. The zero-order chi connectivity index (χ0) is 17.3. The van der Waals surface area contributed by atoms with Crippen LogP contribution >= 0.6 is 0 Å². The summed E-state index contributed by atoms with van der Waals surface area (Å²) in [4.78, 5) is 23.4. The number of anilines is 1. The monoisotopic (exact) mass is 325 g/mol. The minimum Gasteiger partial charge on any atom is -0.478 e. The first-order chi connectivity index (χ1) is 11.5. The number of rotatable bonds is 3. The lowest BCUT2D eigenvalue weighted by Gasteiger charge is -2.08. The largest absolute Gasteiger partial charge is 0.478 e. The van der Waals surface area contributed by atoms with Crippen molar-refractivity contribution in [2.24, 2.45) is 0 Å². The molecule has 0 saturated carbocycles. The molecule has 1 aliphatic rings. The van der Waals surface area contributed by atoms with Crippen LogP contribution in [0.2, 0.25) is 0 Å². The van der Waals surface area contributed by atoms with Crippen molar-refractivity contribution in [3.8, 4) is 0 Å². The molecule has 3 rings (SSSR count). The van der Waals surface area contributed by atoms with Gasteiger partial charge in [0.1, 0.15) is 5.82 Å². The second kappa shape index (κ2) is 6.28. The lowest BCUT2D eigenvalue weighted by Crippen LogP contribution is -2.12. The van der Waals surface area contributed by atoms with E-state index in [0.29, 0.717) is 0 Å². The molecule has 0 unspecified atom stereocenters. The lowest BCUT2D eigenvalue weighted by molar-refractivity contribution is -0.111. The molecule has 5 heteroatoms. The first-order valence-electron chi connectivity index (χ1n) is 7.59. The number of aromatic carboxylic acids is 1. The van der Waals surface area contributed by atoms with E-state index in [1.165, 1.54) is 23.3 Å². The summed E-state index contributed by atoms with van der Waals surface area (Å²) in [5.74, 6) is -2.38. The van der Waals surface area contributed by atoms with Gasteiger partial charge >= 0.3 is 5.97 Å². The summed E-state index contributed by atoms with van der Waals surface area (Å²) in [5.41, 5.74) is 4.22. The minimum absolute atomic E-state index is 0.0770. The number of allylic oxidation sites excluding steroid dienone is 1. The molecule has 0 aromatic heterocycles. The molecule has 0 fully saturated rings. The number of carboxylic acids is 1. The molecule has 1 amide bonds. The van der Waals surface area contributed by atoms with E-state index < -0.39 is 17.7 Å². The van der Waals surface area contributed by atoms with Gasteiger partial charge in [-0.15, -0.1) is 0 Å². The predicted octanol–water partition coefficient (Wildman–Crippen LogP) is 3.80. The number of fused-ring (bicyclic) bond motifs is 1.